The maximum absolute atomic E-state index is 12.6. The summed E-state index contributed by atoms with van der Waals surface area (Å²) >= 11 is 0. The van der Waals surface area contributed by atoms with Crippen LogP contribution in [0.3, 0.4) is 0 Å². The lowest BCUT2D eigenvalue weighted by molar-refractivity contribution is 0.0733. The van der Waals surface area contributed by atoms with E-state index in [2.05, 4.69) is 19.2 Å². The highest BCUT2D eigenvalue weighted by atomic mass is 16.5. The van der Waals surface area contributed by atoms with Crippen molar-refractivity contribution in [2.45, 2.75) is 117 Å². The molecule has 0 unspecified atom stereocenters. The van der Waals surface area contributed by atoms with Gasteiger partial charge in [0.25, 0.3) is 0 Å². The summed E-state index contributed by atoms with van der Waals surface area (Å²) in [5, 5.41) is 3.42. The number of carbonyl (C=O) groups excluding carboxylic acids is 1. The van der Waals surface area contributed by atoms with Gasteiger partial charge in [-0.3, -0.25) is 4.79 Å². The molecule has 1 N–H and O–H groups in total. The highest BCUT2D eigenvalue weighted by Crippen LogP contribution is 2.16. The lowest BCUT2D eigenvalue weighted by Gasteiger charge is -2.08. The van der Waals surface area contributed by atoms with Crippen LogP contribution in [0.15, 0.2) is 53.3 Å². The maximum atomic E-state index is 12.6. The van der Waals surface area contributed by atoms with Gasteiger partial charge in [-0.1, -0.05) is 104 Å². The first-order valence-corrected chi connectivity index (χ1v) is 15.5. The molecule has 2 rings (SSSR count). The molecular weight excluding hydrogens is 486 g/mol. The molecule has 0 aliphatic rings. The van der Waals surface area contributed by atoms with E-state index in [1.807, 2.05) is 12.1 Å². The molecule has 5 heteroatoms. The molecule has 0 fully saturated rings. The number of hydrogen-bond acceptors (Lipinski definition) is 5. The number of unbranched alkanes of at least 4 members (excludes halogenated alkanes) is 14. The molecule has 0 bridgehead atoms. The summed E-state index contributed by atoms with van der Waals surface area (Å²) in [5.41, 5.74) is 1.03. The van der Waals surface area contributed by atoms with Crippen LogP contribution >= 0.6 is 0 Å². The molecule has 0 aliphatic carbocycles. The minimum absolute atomic E-state index is 0.00224. The van der Waals surface area contributed by atoms with Crippen LogP contribution in [0.2, 0.25) is 0 Å². The van der Waals surface area contributed by atoms with E-state index >= 15 is 0 Å². The Labute approximate surface area is 236 Å². The van der Waals surface area contributed by atoms with Gasteiger partial charge in [0.1, 0.15) is 5.75 Å². The largest absolute Gasteiger partial charge is 0.494 e. The average Bonchev–Trinajstić information content (AvgIpc) is 3.12. The van der Waals surface area contributed by atoms with Crippen LogP contribution in [-0.2, 0) is 0 Å². The fourth-order valence-corrected chi connectivity index (χ4v) is 4.52. The molecule has 5 nitrogen and oxygen atoms in total. The van der Waals surface area contributed by atoms with E-state index in [0.717, 1.165) is 31.5 Å². The average molecular weight is 538 g/mol. The van der Waals surface area contributed by atoms with Crippen molar-refractivity contribution in [1.29, 1.82) is 0 Å². The van der Waals surface area contributed by atoms with Gasteiger partial charge in [-0.05, 0) is 61.4 Å². The Morgan fingerprint density at radius 2 is 1.18 bits per heavy atom. The predicted molar refractivity (Wildman–Crippen MR) is 163 cm³/mol. The highest BCUT2D eigenvalue weighted by Gasteiger charge is 2.11. The number of rotatable bonds is 22. The fourth-order valence-electron chi connectivity index (χ4n) is 4.52. The Balaban J connectivity index is 1.68. The van der Waals surface area contributed by atoms with Crippen molar-refractivity contribution in [3.05, 3.63) is 64.3 Å². The third kappa shape index (κ3) is 14.8. The topological polar surface area (TPSA) is 64.6 Å². The lowest BCUT2D eigenvalue weighted by Crippen LogP contribution is -2.13. The molecule has 2 aromatic rings. The Morgan fingerprint density at radius 1 is 0.641 bits per heavy atom. The highest BCUT2D eigenvalue weighted by molar-refractivity contribution is 5.91. The Bertz CT molecular complexity index is 974. The number of carbonyl (C=O) groups is 1. The minimum atomic E-state index is -0.547. The van der Waals surface area contributed by atoms with Gasteiger partial charge in [-0.2, -0.15) is 0 Å². The van der Waals surface area contributed by atoms with Crippen molar-refractivity contribution in [3.63, 3.8) is 0 Å². The van der Waals surface area contributed by atoms with E-state index in [0.29, 0.717) is 17.9 Å². The monoisotopic (exact) mass is 537 g/mol. The van der Waals surface area contributed by atoms with E-state index in [1.54, 1.807) is 24.3 Å². The SMILES string of the molecule is CCCCCCCCCCCCNc1ccc(C(=O)Oc2ccc(OCCCCCCCC)ccc2=O)cc1. The van der Waals surface area contributed by atoms with Gasteiger partial charge in [0.15, 0.2) is 5.75 Å². The van der Waals surface area contributed by atoms with Gasteiger partial charge in [0.05, 0.1) is 12.2 Å². The van der Waals surface area contributed by atoms with E-state index in [9.17, 15) is 9.59 Å². The van der Waals surface area contributed by atoms with E-state index in [4.69, 9.17) is 9.47 Å². The second-order valence-electron chi connectivity index (χ2n) is 10.5. The van der Waals surface area contributed by atoms with E-state index in [-0.39, 0.29) is 11.2 Å². The molecule has 0 spiro atoms. The van der Waals surface area contributed by atoms with Crippen molar-refractivity contribution >= 4 is 11.7 Å². The van der Waals surface area contributed by atoms with Crippen LogP contribution in [-0.4, -0.2) is 19.1 Å². The number of hydrogen-bond donors (Lipinski definition) is 1. The molecular formula is C34H51NO4. The van der Waals surface area contributed by atoms with Gasteiger partial charge in [0, 0.05) is 12.2 Å². The molecule has 2 aromatic carbocycles. The molecule has 0 saturated carbocycles. The Hall–Kier alpha value is -2.82. The maximum Gasteiger partial charge on any atom is 0.343 e. The standard InChI is InChI=1S/C34H51NO4/c1-3-5-7-9-11-12-13-14-15-17-27-35-30-21-19-29(20-22-30)34(37)39-33-26-24-31(23-25-32(33)36)38-28-18-16-10-8-6-4-2/h19-26,35H,3-18,27-28H2,1-2H3. The van der Waals surface area contributed by atoms with Gasteiger partial charge in [0.2, 0.25) is 5.43 Å². The van der Waals surface area contributed by atoms with Gasteiger partial charge < -0.3 is 14.8 Å². The van der Waals surface area contributed by atoms with Crippen LogP contribution in [0.5, 0.6) is 11.5 Å². The van der Waals surface area contributed by atoms with Crippen molar-refractivity contribution in [3.8, 4) is 11.5 Å². The fraction of sp³-hybridized carbons (Fsp3) is 0.588. The summed E-state index contributed by atoms with van der Waals surface area (Å²) < 4.78 is 11.2. The third-order valence-corrected chi connectivity index (χ3v) is 6.99. The molecule has 0 aromatic heterocycles. The van der Waals surface area contributed by atoms with Crippen molar-refractivity contribution in [2.75, 3.05) is 18.5 Å². The first-order valence-electron chi connectivity index (χ1n) is 15.5. The number of esters is 1. The smallest absolute Gasteiger partial charge is 0.343 e. The van der Waals surface area contributed by atoms with Gasteiger partial charge in [-0.25, -0.2) is 4.79 Å². The zero-order valence-electron chi connectivity index (χ0n) is 24.5. The summed E-state index contributed by atoms with van der Waals surface area (Å²) in [4.78, 5) is 25.0. The zero-order chi connectivity index (χ0) is 28.0. The number of anilines is 1. The molecule has 0 saturated heterocycles. The van der Waals surface area contributed by atoms with Crippen LogP contribution in [0.1, 0.15) is 127 Å². The molecule has 0 radical (unpaired) electrons. The van der Waals surface area contributed by atoms with Crippen molar-refractivity contribution in [1.82, 2.24) is 0 Å². The second-order valence-corrected chi connectivity index (χ2v) is 10.5. The first-order chi connectivity index (χ1) is 19.1. The quantitative estimate of drug-likeness (QED) is 0.120. The van der Waals surface area contributed by atoms with Crippen LogP contribution in [0, 0.1) is 0 Å². The van der Waals surface area contributed by atoms with Gasteiger partial charge >= 0.3 is 5.97 Å². The van der Waals surface area contributed by atoms with Crippen LogP contribution in [0.25, 0.3) is 0 Å². The molecule has 0 aliphatic heterocycles. The summed E-state index contributed by atoms with van der Waals surface area (Å²) in [6.45, 7) is 6.00. The molecule has 39 heavy (non-hydrogen) atoms. The summed E-state index contributed by atoms with van der Waals surface area (Å²) in [6.07, 6.45) is 20.3. The molecule has 0 heterocycles. The van der Waals surface area contributed by atoms with E-state index < -0.39 is 5.97 Å². The van der Waals surface area contributed by atoms with Gasteiger partial charge in [-0.15, -0.1) is 0 Å². The third-order valence-electron chi connectivity index (χ3n) is 6.99. The van der Waals surface area contributed by atoms with Crippen molar-refractivity contribution in [2.24, 2.45) is 0 Å². The van der Waals surface area contributed by atoms with Crippen molar-refractivity contribution < 1.29 is 14.3 Å². The molecule has 0 amide bonds. The van der Waals surface area contributed by atoms with E-state index in [1.165, 1.54) is 95.6 Å². The first kappa shape index (κ1) is 32.4. The number of ether oxygens (including phenoxy) is 2. The summed E-state index contributed by atoms with van der Waals surface area (Å²) in [5.74, 6) is 0.0486. The Morgan fingerprint density at radius 3 is 1.79 bits per heavy atom. The zero-order valence-corrected chi connectivity index (χ0v) is 24.5. The lowest BCUT2D eigenvalue weighted by atomic mass is 10.1. The summed E-state index contributed by atoms with van der Waals surface area (Å²) in [7, 11) is 0. The minimum Gasteiger partial charge on any atom is -0.494 e. The van der Waals surface area contributed by atoms with Crippen LogP contribution < -0.4 is 20.2 Å². The Kier molecular flexibility index (Phi) is 17.5. The summed E-state index contributed by atoms with van der Waals surface area (Å²) in [6, 6.07) is 13.4. The second kappa shape index (κ2) is 21.1. The normalized spacial score (nSPS) is 10.8. The number of benzene rings is 1. The predicted octanol–water partition coefficient (Wildman–Crippen LogP) is 9.34. The van der Waals surface area contributed by atoms with Crippen LogP contribution in [0.4, 0.5) is 5.69 Å². The molecule has 0 atom stereocenters. The molecule has 216 valence electrons. The number of nitrogens with one attached hydrogen (secondary N) is 1.